The summed E-state index contributed by atoms with van der Waals surface area (Å²) in [6.07, 6.45) is 1.40. The van der Waals surface area contributed by atoms with Gasteiger partial charge in [-0.25, -0.2) is 4.79 Å². The molecule has 0 aliphatic carbocycles. The normalized spacial score (nSPS) is 10.6. The maximum Gasteiger partial charge on any atom is 0.335 e. The Balaban J connectivity index is 1.39. The van der Waals surface area contributed by atoms with Gasteiger partial charge in [-0.1, -0.05) is 48.2 Å². The first kappa shape index (κ1) is 18.0. The summed E-state index contributed by atoms with van der Waals surface area (Å²) in [5.41, 5.74) is 1.35. The summed E-state index contributed by atoms with van der Waals surface area (Å²) in [5, 5.41) is 17.6. The summed E-state index contributed by atoms with van der Waals surface area (Å²) in [6, 6.07) is 16.4. The minimum Gasteiger partial charge on any atom is -0.494 e. The van der Waals surface area contributed by atoms with Crippen molar-refractivity contribution in [3.05, 3.63) is 71.6 Å². The number of aromatic nitrogens is 2. The van der Waals surface area contributed by atoms with Crippen LogP contribution in [0.4, 0.5) is 0 Å². The fraction of sp³-hybridized carbons (Fsp3) is 0.211. The van der Waals surface area contributed by atoms with E-state index in [1.165, 1.54) is 23.9 Å². The second-order valence-corrected chi connectivity index (χ2v) is 6.55. The summed E-state index contributed by atoms with van der Waals surface area (Å²) in [6.45, 7) is 0.487. The second-order valence-electron chi connectivity index (χ2n) is 5.51. The van der Waals surface area contributed by atoms with E-state index >= 15 is 0 Å². The highest BCUT2D eigenvalue weighted by Gasteiger charge is 2.08. The minimum absolute atomic E-state index is 0.216. The van der Waals surface area contributed by atoms with E-state index in [0.717, 1.165) is 17.7 Å². The van der Waals surface area contributed by atoms with Gasteiger partial charge in [0.15, 0.2) is 0 Å². The van der Waals surface area contributed by atoms with Crippen molar-refractivity contribution in [1.29, 1.82) is 0 Å². The monoisotopic (exact) mass is 370 g/mol. The summed E-state index contributed by atoms with van der Waals surface area (Å²) < 4.78 is 11.2. The molecular formula is C19H18N2O4S. The topological polar surface area (TPSA) is 85.5 Å². The summed E-state index contributed by atoms with van der Waals surface area (Å²) >= 11 is 1.48. The molecule has 0 spiro atoms. The van der Waals surface area contributed by atoms with E-state index in [-0.39, 0.29) is 5.56 Å². The van der Waals surface area contributed by atoms with Crippen molar-refractivity contribution in [1.82, 2.24) is 10.2 Å². The van der Waals surface area contributed by atoms with E-state index in [1.54, 1.807) is 12.1 Å². The maximum absolute atomic E-state index is 10.9. The number of carboxylic acids is 1. The molecule has 2 aromatic carbocycles. The van der Waals surface area contributed by atoms with Gasteiger partial charge in [-0.3, -0.25) is 0 Å². The first-order valence-electron chi connectivity index (χ1n) is 8.16. The fourth-order valence-corrected chi connectivity index (χ4v) is 2.96. The lowest BCUT2D eigenvalue weighted by atomic mass is 10.2. The number of benzene rings is 2. The van der Waals surface area contributed by atoms with Crippen LogP contribution < -0.4 is 4.74 Å². The highest BCUT2D eigenvalue weighted by molar-refractivity contribution is 7.99. The fourth-order valence-electron chi connectivity index (χ4n) is 2.27. The lowest BCUT2D eigenvalue weighted by Gasteiger charge is -2.06. The van der Waals surface area contributed by atoms with E-state index in [2.05, 4.69) is 10.2 Å². The van der Waals surface area contributed by atoms with E-state index < -0.39 is 5.97 Å². The van der Waals surface area contributed by atoms with E-state index in [9.17, 15) is 4.79 Å². The Morgan fingerprint density at radius 1 is 1.12 bits per heavy atom. The van der Waals surface area contributed by atoms with Gasteiger partial charge in [0.2, 0.25) is 5.89 Å². The van der Waals surface area contributed by atoms with Crippen LogP contribution in [-0.4, -0.2) is 33.6 Å². The van der Waals surface area contributed by atoms with Crippen molar-refractivity contribution in [2.75, 3.05) is 12.4 Å². The average Bonchev–Trinajstić information content (AvgIpc) is 3.10. The molecule has 7 heteroatoms. The summed E-state index contributed by atoms with van der Waals surface area (Å²) in [7, 11) is 0. The van der Waals surface area contributed by atoms with Crippen molar-refractivity contribution in [3.8, 4) is 5.75 Å². The van der Waals surface area contributed by atoms with Gasteiger partial charge in [0.25, 0.3) is 5.22 Å². The highest BCUT2D eigenvalue weighted by Crippen LogP contribution is 2.19. The molecule has 0 unspecified atom stereocenters. The van der Waals surface area contributed by atoms with Crippen molar-refractivity contribution >= 4 is 17.7 Å². The highest BCUT2D eigenvalue weighted by atomic mass is 32.2. The largest absolute Gasteiger partial charge is 0.494 e. The molecule has 0 amide bonds. The van der Waals surface area contributed by atoms with Crippen LogP contribution in [0.1, 0.15) is 28.2 Å². The molecule has 1 heterocycles. The lowest BCUT2D eigenvalue weighted by Crippen LogP contribution is -2.01. The first-order chi connectivity index (χ1) is 12.7. The molecule has 0 radical (unpaired) electrons. The molecule has 0 aliphatic heterocycles. The molecule has 0 saturated carbocycles. The molecule has 6 nitrogen and oxygen atoms in total. The van der Waals surface area contributed by atoms with Crippen molar-refractivity contribution in [2.45, 2.75) is 18.1 Å². The standard InChI is InChI=1S/C19H18N2O4S/c22-18(23)15-8-4-9-16(13-15)24-10-5-11-26-19-21-20-17(25-19)12-14-6-2-1-3-7-14/h1-4,6-9,13H,5,10-12H2,(H,22,23). The zero-order chi connectivity index (χ0) is 18.2. The molecule has 1 aromatic heterocycles. The predicted molar refractivity (Wildman–Crippen MR) is 97.8 cm³/mol. The number of nitrogens with zero attached hydrogens (tertiary/aromatic N) is 2. The third kappa shape index (κ3) is 5.35. The average molecular weight is 370 g/mol. The number of ether oxygens (including phenoxy) is 1. The molecule has 134 valence electrons. The predicted octanol–water partition coefficient (Wildman–Crippen LogP) is 3.92. The van der Waals surface area contributed by atoms with Gasteiger partial charge in [0, 0.05) is 5.75 Å². The molecule has 0 atom stereocenters. The van der Waals surface area contributed by atoms with Gasteiger partial charge < -0.3 is 14.3 Å². The molecule has 3 aromatic rings. The molecule has 0 bridgehead atoms. The zero-order valence-electron chi connectivity index (χ0n) is 14.0. The van der Waals surface area contributed by atoms with Crippen molar-refractivity contribution in [2.24, 2.45) is 0 Å². The van der Waals surface area contributed by atoms with Crippen LogP contribution in [0.25, 0.3) is 0 Å². The molecule has 0 aliphatic rings. The van der Waals surface area contributed by atoms with Crippen LogP contribution in [0.15, 0.2) is 64.2 Å². The van der Waals surface area contributed by atoms with E-state index in [4.69, 9.17) is 14.3 Å². The number of rotatable bonds is 9. The smallest absolute Gasteiger partial charge is 0.335 e. The Labute approximate surface area is 155 Å². The van der Waals surface area contributed by atoms with Crippen LogP contribution >= 0.6 is 11.8 Å². The summed E-state index contributed by atoms with van der Waals surface area (Å²) in [5.74, 6) is 0.956. The SMILES string of the molecule is O=C(O)c1cccc(OCCCSc2nnc(Cc3ccccc3)o2)c1. The number of aromatic carboxylic acids is 1. The summed E-state index contributed by atoms with van der Waals surface area (Å²) in [4.78, 5) is 10.9. The number of carboxylic acid groups (broad SMARTS) is 1. The zero-order valence-corrected chi connectivity index (χ0v) is 14.8. The third-order valence-corrected chi connectivity index (χ3v) is 4.42. The second kappa shape index (κ2) is 9.05. The van der Waals surface area contributed by atoms with Gasteiger partial charge in [-0.15, -0.1) is 10.2 Å². The molecule has 1 N–H and O–H groups in total. The number of carbonyl (C=O) groups is 1. The van der Waals surface area contributed by atoms with Gasteiger partial charge in [-0.2, -0.15) is 0 Å². The van der Waals surface area contributed by atoms with Crippen LogP contribution in [0.2, 0.25) is 0 Å². The van der Waals surface area contributed by atoms with E-state index in [1.807, 2.05) is 30.3 Å². The maximum atomic E-state index is 10.9. The lowest BCUT2D eigenvalue weighted by molar-refractivity contribution is 0.0696. The molecule has 26 heavy (non-hydrogen) atoms. The van der Waals surface area contributed by atoms with Crippen LogP contribution in [-0.2, 0) is 6.42 Å². The van der Waals surface area contributed by atoms with Crippen molar-refractivity contribution in [3.63, 3.8) is 0 Å². The van der Waals surface area contributed by atoms with Crippen LogP contribution in [0.5, 0.6) is 5.75 Å². The molecule has 3 rings (SSSR count). The number of hydrogen-bond acceptors (Lipinski definition) is 6. The Kier molecular flexibility index (Phi) is 6.27. The molecular weight excluding hydrogens is 352 g/mol. The van der Waals surface area contributed by atoms with Crippen molar-refractivity contribution < 1.29 is 19.1 Å². The Hall–Kier alpha value is -2.80. The van der Waals surface area contributed by atoms with E-state index in [0.29, 0.717) is 29.9 Å². The third-order valence-electron chi connectivity index (χ3n) is 3.51. The van der Waals surface area contributed by atoms with Gasteiger partial charge in [-0.05, 0) is 30.2 Å². The molecule has 0 saturated heterocycles. The Bertz CT molecular complexity index is 852. The van der Waals surface area contributed by atoms with Crippen LogP contribution in [0.3, 0.4) is 0 Å². The van der Waals surface area contributed by atoms with Gasteiger partial charge in [0.05, 0.1) is 18.6 Å². The van der Waals surface area contributed by atoms with Gasteiger partial charge >= 0.3 is 5.97 Å². The minimum atomic E-state index is -0.964. The number of hydrogen-bond donors (Lipinski definition) is 1. The number of thioether (sulfide) groups is 1. The quantitative estimate of drug-likeness (QED) is 0.451. The Morgan fingerprint density at radius 3 is 2.77 bits per heavy atom. The van der Waals surface area contributed by atoms with Crippen LogP contribution in [0, 0.1) is 0 Å². The first-order valence-corrected chi connectivity index (χ1v) is 9.14. The molecule has 0 fully saturated rings. The van der Waals surface area contributed by atoms with Gasteiger partial charge in [0.1, 0.15) is 5.75 Å². The Morgan fingerprint density at radius 2 is 1.96 bits per heavy atom.